The number of nitrogens with one attached hydrogen (secondary N) is 1. The molecule has 0 bridgehead atoms. The normalized spacial score (nSPS) is 26.2. The van der Waals surface area contributed by atoms with Crippen LogP contribution in [0.15, 0.2) is 11.6 Å². The minimum absolute atomic E-state index is 0. The van der Waals surface area contributed by atoms with Crippen LogP contribution in [-0.2, 0) is 0 Å². The number of thiazole rings is 1. The Bertz CT molecular complexity index is 386. The van der Waals surface area contributed by atoms with Crippen LogP contribution < -0.4 is 5.32 Å². The number of halogens is 1. The van der Waals surface area contributed by atoms with E-state index in [-0.39, 0.29) is 12.4 Å². The molecule has 0 spiro atoms. The van der Waals surface area contributed by atoms with Gasteiger partial charge in [-0.3, -0.25) is 4.90 Å². The first-order chi connectivity index (χ1) is 9.83. The molecular weight excluding hydrogens is 304 g/mol. The molecule has 120 valence electrons. The Balaban J connectivity index is 0.00000161. The molecule has 6 heteroatoms. The van der Waals surface area contributed by atoms with Crippen LogP contribution in [0.5, 0.6) is 0 Å². The molecule has 3 heterocycles. The first-order valence-corrected chi connectivity index (χ1v) is 8.77. The van der Waals surface area contributed by atoms with Crippen LogP contribution in [0.25, 0.3) is 0 Å². The minimum atomic E-state index is 0. The van der Waals surface area contributed by atoms with Gasteiger partial charge < -0.3 is 10.2 Å². The molecule has 21 heavy (non-hydrogen) atoms. The molecule has 2 saturated heterocycles. The van der Waals surface area contributed by atoms with Crippen molar-refractivity contribution in [3.05, 3.63) is 16.6 Å². The topological polar surface area (TPSA) is 31.4 Å². The SMILES string of the molecule is CC(c1nccs1)N1CCN(CC2CCCNC2)CC1.Cl. The van der Waals surface area contributed by atoms with Gasteiger partial charge in [-0.25, -0.2) is 4.98 Å². The molecule has 1 aromatic rings. The summed E-state index contributed by atoms with van der Waals surface area (Å²) in [6.07, 6.45) is 4.68. The zero-order valence-corrected chi connectivity index (χ0v) is 14.5. The summed E-state index contributed by atoms with van der Waals surface area (Å²) in [5.74, 6) is 0.867. The Morgan fingerprint density at radius 2 is 2.19 bits per heavy atom. The monoisotopic (exact) mass is 330 g/mol. The standard InChI is InChI=1S/C15H26N4S.ClH/c1-13(15-17-5-10-20-15)19-8-6-18(7-9-19)12-14-3-2-4-16-11-14;/h5,10,13-14,16H,2-4,6-9,11-12H2,1H3;1H. The predicted octanol–water partition coefficient (Wildman–Crippen LogP) is 2.24. The van der Waals surface area contributed by atoms with Crippen molar-refractivity contribution in [2.75, 3.05) is 45.8 Å². The largest absolute Gasteiger partial charge is 0.316 e. The van der Waals surface area contributed by atoms with Gasteiger partial charge in [-0.1, -0.05) is 0 Å². The van der Waals surface area contributed by atoms with Gasteiger partial charge in [0.1, 0.15) is 5.01 Å². The van der Waals surface area contributed by atoms with Crippen LogP contribution in [0.4, 0.5) is 0 Å². The number of hydrogen-bond acceptors (Lipinski definition) is 5. The first kappa shape index (κ1) is 17.2. The average molecular weight is 331 g/mol. The maximum absolute atomic E-state index is 4.46. The molecule has 2 aliphatic rings. The number of piperidine rings is 1. The Morgan fingerprint density at radius 1 is 1.38 bits per heavy atom. The van der Waals surface area contributed by atoms with Crippen LogP contribution >= 0.6 is 23.7 Å². The third-order valence-electron chi connectivity index (χ3n) is 4.68. The molecule has 2 unspecified atom stereocenters. The second kappa shape index (κ2) is 8.44. The quantitative estimate of drug-likeness (QED) is 0.917. The second-order valence-corrected chi connectivity index (χ2v) is 7.02. The smallest absolute Gasteiger partial charge is 0.109 e. The fourth-order valence-electron chi connectivity index (χ4n) is 3.38. The van der Waals surface area contributed by atoms with Crippen LogP contribution in [0.1, 0.15) is 30.8 Å². The van der Waals surface area contributed by atoms with Crippen molar-refractivity contribution >= 4 is 23.7 Å². The number of nitrogens with zero attached hydrogens (tertiary/aromatic N) is 3. The van der Waals surface area contributed by atoms with Gasteiger partial charge >= 0.3 is 0 Å². The lowest BCUT2D eigenvalue weighted by Crippen LogP contribution is -2.49. The molecule has 0 saturated carbocycles. The Kier molecular flexibility index (Phi) is 6.89. The van der Waals surface area contributed by atoms with Crippen molar-refractivity contribution in [3.8, 4) is 0 Å². The van der Waals surface area contributed by atoms with Crippen molar-refractivity contribution < 1.29 is 0 Å². The summed E-state index contributed by atoms with van der Waals surface area (Å²) in [7, 11) is 0. The fourth-order valence-corrected chi connectivity index (χ4v) is 4.10. The van der Waals surface area contributed by atoms with Crippen LogP contribution in [0.3, 0.4) is 0 Å². The van der Waals surface area contributed by atoms with Gasteiger partial charge in [0.15, 0.2) is 0 Å². The molecular formula is C15H27ClN4S. The van der Waals surface area contributed by atoms with Gasteiger partial charge in [0, 0.05) is 44.3 Å². The molecule has 1 aromatic heterocycles. The number of hydrogen-bond donors (Lipinski definition) is 1. The van der Waals surface area contributed by atoms with E-state index >= 15 is 0 Å². The fraction of sp³-hybridized carbons (Fsp3) is 0.800. The van der Waals surface area contributed by atoms with E-state index in [9.17, 15) is 0 Å². The second-order valence-electron chi connectivity index (χ2n) is 6.10. The lowest BCUT2D eigenvalue weighted by Gasteiger charge is -2.39. The molecule has 4 nitrogen and oxygen atoms in total. The number of piperazine rings is 1. The summed E-state index contributed by atoms with van der Waals surface area (Å²) in [4.78, 5) is 9.69. The van der Waals surface area contributed by atoms with Crippen molar-refractivity contribution in [2.45, 2.75) is 25.8 Å². The predicted molar refractivity (Wildman–Crippen MR) is 91.4 cm³/mol. The molecule has 1 N–H and O–H groups in total. The Morgan fingerprint density at radius 3 is 2.81 bits per heavy atom. The molecule has 0 aliphatic carbocycles. The van der Waals surface area contributed by atoms with E-state index in [1.165, 1.54) is 63.7 Å². The van der Waals surface area contributed by atoms with E-state index in [4.69, 9.17) is 0 Å². The highest BCUT2D eigenvalue weighted by molar-refractivity contribution is 7.09. The van der Waals surface area contributed by atoms with Crippen molar-refractivity contribution in [3.63, 3.8) is 0 Å². The highest BCUT2D eigenvalue weighted by Gasteiger charge is 2.25. The molecule has 2 fully saturated rings. The van der Waals surface area contributed by atoms with Crippen molar-refractivity contribution in [1.82, 2.24) is 20.1 Å². The molecule has 0 radical (unpaired) electrons. The zero-order chi connectivity index (χ0) is 13.8. The zero-order valence-electron chi connectivity index (χ0n) is 12.8. The molecule has 0 amide bonds. The minimum Gasteiger partial charge on any atom is -0.316 e. The summed E-state index contributed by atoms with van der Waals surface area (Å²) < 4.78 is 0. The first-order valence-electron chi connectivity index (χ1n) is 7.89. The number of rotatable bonds is 4. The highest BCUT2D eigenvalue weighted by atomic mass is 35.5. The average Bonchev–Trinajstić information content (AvgIpc) is 3.03. The van der Waals surface area contributed by atoms with Gasteiger partial charge in [-0.2, -0.15) is 0 Å². The summed E-state index contributed by atoms with van der Waals surface area (Å²) >= 11 is 1.78. The van der Waals surface area contributed by atoms with E-state index in [2.05, 4.69) is 32.4 Å². The van der Waals surface area contributed by atoms with E-state index in [0.29, 0.717) is 6.04 Å². The Hall–Kier alpha value is -0.200. The van der Waals surface area contributed by atoms with Crippen LogP contribution in [-0.4, -0.2) is 60.6 Å². The summed E-state index contributed by atoms with van der Waals surface area (Å²) in [6, 6.07) is 0.480. The van der Waals surface area contributed by atoms with E-state index in [1.54, 1.807) is 11.3 Å². The maximum atomic E-state index is 4.46. The summed E-state index contributed by atoms with van der Waals surface area (Å²) in [5.41, 5.74) is 0. The van der Waals surface area contributed by atoms with Gasteiger partial charge in [0.05, 0.1) is 6.04 Å². The highest BCUT2D eigenvalue weighted by Crippen LogP contribution is 2.23. The van der Waals surface area contributed by atoms with Crippen LogP contribution in [0, 0.1) is 5.92 Å². The Labute approximate surface area is 138 Å². The van der Waals surface area contributed by atoms with Gasteiger partial charge in [-0.15, -0.1) is 23.7 Å². The van der Waals surface area contributed by atoms with Gasteiger partial charge in [0.25, 0.3) is 0 Å². The lowest BCUT2D eigenvalue weighted by molar-refractivity contribution is 0.0876. The molecule has 2 aliphatic heterocycles. The number of aromatic nitrogens is 1. The van der Waals surface area contributed by atoms with Gasteiger partial charge in [-0.05, 0) is 38.8 Å². The lowest BCUT2D eigenvalue weighted by atomic mass is 9.99. The van der Waals surface area contributed by atoms with Crippen molar-refractivity contribution in [2.24, 2.45) is 5.92 Å². The van der Waals surface area contributed by atoms with E-state index in [0.717, 1.165) is 5.92 Å². The van der Waals surface area contributed by atoms with Crippen LogP contribution in [0.2, 0.25) is 0 Å². The molecule has 0 aromatic carbocycles. The van der Waals surface area contributed by atoms with Crippen molar-refractivity contribution in [1.29, 1.82) is 0 Å². The van der Waals surface area contributed by atoms with E-state index in [1.807, 2.05) is 6.20 Å². The molecule has 2 atom stereocenters. The van der Waals surface area contributed by atoms with E-state index < -0.39 is 0 Å². The summed E-state index contributed by atoms with van der Waals surface area (Å²) in [5, 5.41) is 6.87. The molecule has 3 rings (SSSR count). The van der Waals surface area contributed by atoms with Gasteiger partial charge in [0.2, 0.25) is 0 Å². The third kappa shape index (κ3) is 4.63. The maximum Gasteiger partial charge on any atom is 0.109 e. The summed E-state index contributed by atoms with van der Waals surface area (Å²) in [6.45, 7) is 10.8. The third-order valence-corrected chi connectivity index (χ3v) is 5.62.